The standard InChI is InChI=1S/C13H18N2O3/c1-13(2,3)18-12(16)15(4)9-10-5-7-11(14-17)8-6-10/h5-8H,9H2,1-4H3. The van der Waals surface area contributed by atoms with Gasteiger partial charge in [-0.2, -0.15) is 0 Å². The highest BCUT2D eigenvalue weighted by Gasteiger charge is 2.19. The van der Waals surface area contributed by atoms with E-state index in [1.165, 1.54) is 4.90 Å². The van der Waals surface area contributed by atoms with E-state index in [2.05, 4.69) is 5.18 Å². The van der Waals surface area contributed by atoms with Crippen LogP contribution in [0.2, 0.25) is 0 Å². The lowest BCUT2D eigenvalue weighted by Gasteiger charge is -2.24. The normalized spacial score (nSPS) is 10.9. The molecule has 0 aromatic heterocycles. The number of carbonyl (C=O) groups excluding carboxylic acids is 1. The van der Waals surface area contributed by atoms with Gasteiger partial charge in [0.1, 0.15) is 11.3 Å². The van der Waals surface area contributed by atoms with Crippen LogP contribution in [0.1, 0.15) is 26.3 Å². The molecular weight excluding hydrogens is 232 g/mol. The van der Waals surface area contributed by atoms with Crippen LogP contribution < -0.4 is 0 Å². The van der Waals surface area contributed by atoms with Gasteiger partial charge in [-0.3, -0.25) is 0 Å². The van der Waals surface area contributed by atoms with E-state index in [4.69, 9.17) is 4.74 Å². The highest BCUT2D eigenvalue weighted by atomic mass is 16.6. The van der Waals surface area contributed by atoms with Crippen molar-refractivity contribution in [2.24, 2.45) is 5.18 Å². The van der Waals surface area contributed by atoms with Crippen molar-refractivity contribution in [2.75, 3.05) is 7.05 Å². The zero-order chi connectivity index (χ0) is 13.8. The number of ether oxygens (including phenoxy) is 1. The molecule has 0 saturated heterocycles. The zero-order valence-electron chi connectivity index (χ0n) is 11.1. The number of rotatable bonds is 3. The Morgan fingerprint density at radius 2 is 1.83 bits per heavy atom. The van der Waals surface area contributed by atoms with Crippen molar-refractivity contribution in [3.8, 4) is 0 Å². The van der Waals surface area contributed by atoms with Gasteiger partial charge in [-0.1, -0.05) is 12.1 Å². The van der Waals surface area contributed by atoms with Gasteiger partial charge in [0.15, 0.2) is 0 Å². The Balaban J connectivity index is 2.60. The number of hydrogen-bond donors (Lipinski definition) is 0. The second-order valence-electron chi connectivity index (χ2n) is 5.09. The van der Waals surface area contributed by atoms with Gasteiger partial charge < -0.3 is 9.64 Å². The molecule has 0 spiro atoms. The molecule has 18 heavy (non-hydrogen) atoms. The topological polar surface area (TPSA) is 59.0 Å². The van der Waals surface area contributed by atoms with Gasteiger partial charge in [-0.05, 0) is 43.6 Å². The Morgan fingerprint density at radius 1 is 1.28 bits per heavy atom. The van der Waals surface area contributed by atoms with E-state index in [0.717, 1.165) is 5.56 Å². The average Bonchev–Trinajstić information content (AvgIpc) is 2.27. The van der Waals surface area contributed by atoms with Crippen molar-refractivity contribution in [1.29, 1.82) is 0 Å². The van der Waals surface area contributed by atoms with Crippen molar-refractivity contribution >= 4 is 11.8 Å². The molecule has 1 rings (SSSR count). The lowest BCUT2D eigenvalue weighted by molar-refractivity contribution is 0.0285. The van der Waals surface area contributed by atoms with Crippen molar-refractivity contribution in [3.63, 3.8) is 0 Å². The van der Waals surface area contributed by atoms with Crippen LogP contribution in [0.3, 0.4) is 0 Å². The summed E-state index contributed by atoms with van der Waals surface area (Å²) < 4.78 is 5.24. The summed E-state index contributed by atoms with van der Waals surface area (Å²) in [5.74, 6) is 0. The van der Waals surface area contributed by atoms with Crippen LogP contribution in [-0.2, 0) is 11.3 Å². The molecule has 0 aliphatic rings. The van der Waals surface area contributed by atoms with Crippen LogP contribution in [0.25, 0.3) is 0 Å². The highest BCUT2D eigenvalue weighted by Crippen LogP contribution is 2.15. The summed E-state index contributed by atoms with van der Waals surface area (Å²) in [4.78, 5) is 23.5. The van der Waals surface area contributed by atoms with E-state index < -0.39 is 5.60 Å². The second kappa shape index (κ2) is 5.62. The minimum atomic E-state index is -0.503. The van der Waals surface area contributed by atoms with E-state index >= 15 is 0 Å². The lowest BCUT2D eigenvalue weighted by Crippen LogP contribution is -2.33. The molecule has 1 amide bonds. The van der Waals surface area contributed by atoms with Gasteiger partial charge in [-0.25, -0.2) is 4.79 Å². The third-order valence-electron chi connectivity index (χ3n) is 2.17. The number of hydrogen-bond acceptors (Lipinski definition) is 4. The van der Waals surface area contributed by atoms with Gasteiger partial charge in [0.25, 0.3) is 0 Å². The van der Waals surface area contributed by atoms with Crippen LogP contribution in [0.5, 0.6) is 0 Å². The molecule has 0 heterocycles. The molecule has 1 aromatic carbocycles. The van der Waals surface area contributed by atoms with Crippen LogP contribution in [0.15, 0.2) is 29.4 Å². The van der Waals surface area contributed by atoms with E-state index in [0.29, 0.717) is 12.2 Å². The molecule has 0 unspecified atom stereocenters. The fourth-order valence-electron chi connectivity index (χ4n) is 1.34. The van der Waals surface area contributed by atoms with Gasteiger partial charge in [0.05, 0.1) is 0 Å². The average molecular weight is 250 g/mol. The van der Waals surface area contributed by atoms with Crippen molar-refractivity contribution in [2.45, 2.75) is 32.9 Å². The largest absolute Gasteiger partial charge is 0.444 e. The summed E-state index contributed by atoms with van der Waals surface area (Å²) in [6.45, 7) is 5.89. The smallest absolute Gasteiger partial charge is 0.410 e. The summed E-state index contributed by atoms with van der Waals surface area (Å²) in [6.07, 6.45) is -0.375. The molecule has 0 saturated carbocycles. The number of amides is 1. The van der Waals surface area contributed by atoms with Gasteiger partial charge in [0.2, 0.25) is 0 Å². The molecule has 0 fully saturated rings. The fourth-order valence-corrected chi connectivity index (χ4v) is 1.34. The van der Waals surface area contributed by atoms with Crippen LogP contribution in [-0.4, -0.2) is 23.6 Å². The van der Waals surface area contributed by atoms with Crippen molar-refractivity contribution < 1.29 is 9.53 Å². The molecular formula is C13H18N2O3. The molecule has 0 N–H and O–H groups in total. The van der Waals surface area contributed by atoms with Crippen LogP contribution in [0.4, 0.5) is 10.5 Å². The number of carbonyl (C=O) groups is 1. The molecule has 5 heteroatoms. The van der Waals surface area contributed by atoms with E-state index in [9.17, 15) is 9.70 Å². The molecule has 0 atom stereocenters. The quantitative estimate of drug-likeness (QED) is 0.772. The molecule has 0 aliphatic heterocycles. The minimum Gasteiger partial charge on any atom is -0.444 e. The summed E-state index contributed by atoms with van der Waals surface area (Å²) in [7, 11) is 1.67. The van der Waals surface area contributed by atoms with E-state index in [1.807, 2.05) is 20.8 Å². The SMILES string of the molecule is CN(Cc1ccc(N=O)cc1)C(=O)OC(C)(C)C. The third-order valence-corrected chi connectivity index (χ3v) is 2.17. The van der Waals surface area contributed by atoms with Gasteiger partial charge in [0, 0.05) is 13.6 Å². The molecule has 0 radical (unpaired) electrons. The first kappa shape index (κ1) is 14.2. The molecule has 5 nitrogen and oxygen atoms in total. The Morgan fingerprint density at radius 3 is 2.28 bits per heavy atom. The summed E-state index contributed by atoms with van der Waals surface area (Å²) >= 11 is 0. The van der Waals surface area contributed by atoms with E-state index in [-0.39, 0.29) is 6.09 Å². The fraction of sp³-hybridized carbons (Fsp3) is 0.462. The maximum Gasteiger partial charge on any atom is 0.410 e. The van der Waals surface area contributed by atoms with Crippen molar-refractivity contribution in [1.82, 2.24) is 4.90 Å². The minimum absolute atomic E-state index is 0.374. The first-order chi connectivity index (χ1) is 8.31. The van der Waals surface area contributed by atoms with Gasteiger partial charge in [-0.15, -0.1) is 4.91 Å². The maximum atomic E-state index is 11.7. The Hall–Kier alpha value is -1.91. The van der Waals surface area contributed by atoms with Gasteiger partial charge >= 0.3 is 6.09 Å². The Kier molecular flexibility index (Phi) is 4.42. The Labute approximate surface area is 107 Å². The highest BCUT2D eigenvalue weighted by molar-refractivity contribution is 5.67. The predicted octanol–water partition coefficient (Wildman–Crippen LogP) is 3.45. The zero-order valence-corrected chi connectivity index (χ0v) is 11.1. The van der Waals surface area contributed by atoms with Crippen LogP contribution in [0, 0.1) is 4.91 Å². The van der Waals surface area contributed by atoms with Crippen molar-refractivity contribution in [3.05, 3.63) is 34.7 Å². The lowest BCUT2D eigenvalue weighted by atomic mass is 10.2. The molecule has 1 aromatic rings. The number of nitrogens with zero attached hydrogens (tertiary/aromatic N) is 2. The number of nitroso groups, excluding NO2 is 1. The molecule has 98 valence electrons. The predicted molar refractivity (Wildman–Crippen MR) is 69.6 cm³/mol. The molecule has 0 bridgehead atoms. The monoisotopic (exact) mass is 250 g/mol. The van der Waals surface area contributed by atoms with Crippen LogP contribution >= 0.6 is 0 Å². The third kappa shape index (κ3) is 4.53. The molecule has 0 aliphatic carbocycles. The maximum absolute atomic E-state index is 11.7. The van der Waals surface area contributed by atoms with E-state index in [1.54, 1.807) is 31.3 Å². The first-order valence-electron chi connectivity index (χ1n) is 5.68. The number of benzene rings is 1. The first-order valence-corrected chi connectivity index (χ1v) is 5.68. The Bertz CT molecular complexity index is 421. The second-order valence-corrected chi connectivity index (χ2v) is 5.09. The summed E-state index contributed by atoms with van der Waals surface area (Å²) in [5, 5.41) is 2.82. The summed E-state index contributed by atoms with van der Waals surface area (Å²) in [6, 6.07) is 6.76. The summed E-state index contributed by atoms with van der Waals surface area (Å²) in [5.41, 5.74) is 0.783.